The summed E-state index contributed by atoms with van der Waals surface area (Å²) < 4.78 is 0. The van der Waals surface area contributed by atoms with Crippen LogP contribution in [0.3, 0.4) is 0 Å². The summed E-state index contributed by atoms with van der Waals surface area (Å²) >= 11 is 0. The van der Waals surface area contributed by atoms with Crippen molar-refractivity contribution >= 4 is 0 Å². The van der Waals surface area contributed by atoms with Crippen molar-refractivity contribution in [2.24, 2.45) is 0 Å². The zero-order chi connectivity index (χ0) is 13.2. The van der Waals surface area contributed by atoms with E-state index in [1.165, 1.54) is 49.9 Å². The molecule has 1 heterocycles. The van der Waals surface area contributed by atoms with Gasteiger partial charge in [0.2, 0.25) is 0 Å². The minimum absolute atomic E-state index is 0.552. The molecule has 2 nitrogen and oxygen atoms in total. The highest BCUT2D eigenvalue weighted by molar-refractivity contribution is 5.28. The molecule has 3 rings (SSSR count). The molecule has 1 aliphatic heterocycles. The van der Waals surface area contributed by atoms with E-state index in [9.17, 15) is 0 Å². The van der Waals surface area contributed by atoms with Gasteiger partial charge in [0.15, 0.2) is 0 Å². The molecule has 2 unspecified atom stereocenters. The Morgan fingerprint density at radius 2 is 2.05 bits per heavy atom. The third-order valence-electron chi connectivity index (χ3n) is 4.75. The lowest BCUT2D eigenvalue weighted by Crippen LogP contribution is -2.40. The summed E-state index contributed by atoms with van der Waals surface area (Å²) in [5.41, 5.74) is 2.94. The van der Waals surface area contributed by atoms with Gasteiger partial charge >= 0.3 is 0 Å². The van der Waals surface area contributed by atoms with Crippen LogP contribution in [0, 0.1) is 6.92 Å². The molecule has 0 aromatic heterocycles. The lowest BCUT2D eigenvalue weighted by Gasteiger charge is -2.32. The second kappa shape index (κ2) is 5.64. The second-order valence-corrected chi connectivity index (χ2v) is 6.25. The summed E-state index contributed by atoms with van der Waals surface area (Å²) in [5, 5.41) is 3.65. The second-order valence-electron chi connectivity index (χ2n) is 6.25. The lowest BCUT2D eigenvalue weighted by atomic mass is 10.0. The van der Waals surface area contributed by atoms with Crippen LogP contribution in [0.25, 0.3) is 0 Å². The van der Waals surface area contributed by atoms with Crippen molar-refractivity contribution in [3.63, 3.8) is 0 Å². The first kappa shape index (κ1) is 13.1. The SMILES string of the molecule is Cc1ccccc1C(C)N(CC1CCCN1)C1CC1. The molecule has 0 amide bonds. The predicted molar refractivity (Wildman–Crippen MR) is 80.3 cm³/mol. The molecule has 0 spiro atoms. The summed E-state index contributed by atoms with van der Waals surface area (Å²) in [7, 11) is 0. The molecule has 1 N–H and O–H groups in total. The highest BCUT2D eigenvalue weighted by Gasteiger charge is 2.34. The topological polar surface area (TPSA) is 15.3 Å². The van der Waals surface area contributed by atoms with E-state index in [1.54, 1.807) is 0 Å². The van der Waals surface area contributed by atoms with Crippen molar-refractivity contribution in [2.75, 3.05) is 13.1 Å². The van der Waals surface area contributed by atoms with Gasteiger partial charge in [0, 0.05) is 24.7 Å². The van der Waals surface area contributed by atoms with Crippen molar-refractivity contribution < 1.29 is 0 Å². The van der Waals surface area contributed by atoms with E-state index in [1.807, 2.05) is 0 Å². The highest BCUT2D eigenvalue weighted by atomic mass is 15.2. The molecular weight excluding hydrogens is 232 g/mol. The first-order valence-electron chi connectivity index (χ1n) is 7.80. The van der Waals surface area contributed by atoms with Crippen LogP contribution in [0.2, 0.25) is 0 Å². The van der Waals surface area contributed by atoms with Crippen molar-refractivity contribution in [3.8, 4) is 0 Å². The molecule has 2 atom stereocenters. The van der Waals surface area contributed by atoms with Gasteiger partial charge < -0.3 is 5.32 Å². The fraction of sp³-hybridized carbons (Fsp3) is 0.647. The molecule has 2 aliphatic rings. The van der Waals surface area contributed by atoms with Crippen molar-refractivity contribution in [1.82, 2.24) is 10.2 Å². The number of nitrogens with one attached hydrogen (secondary N) is 1. The van der Waals surface area contributed by atoms with E-state index < -0.39 is 0 Å². The Balaban J connectivity index is 1.73. The number of aryl methyl sites for hydroxylation is 1. The van der Waals surface area contributed by atoms with Gasteiger partial charge in [-0.3, -0.25) is 4.90 Å². The van der Waals surface area contributed by atoms with Gasteiger partial charge in [-0.2, -0.15) is 0 Å². The fourth-order valence-corrected chi connectivity index (χ4v) is 3.43. The Morgan fingerprint density at radius 3 is 2.68 bits per heavy atom. The Bertz CT molecular complexity index is 419. The van der Waals surface area contributed by atoms with Gasteiger partial charge in [0.1, 0.15) is 0 Å². The van der Waals surface area contributed by atoms with E-state index in [4.69, 9.17) is 0 Å². The Labute approximate surface area is 117 Å². The minimum Gasteiger partial charge on any atom is -0.313 e. The largest absolute Gasteiger partial charge is 0.313 e. The molecular formula is C17H26N2. The van der Waals surface area contributed by atoms with Crippen molar-refractivity contribution in [2.45, 2.75) is 57.7 Å². The van der Waals surface area contributed by atoms with E-state index in [-0.39, 0.29) is 0 Å². The lowest BCUT2D eigenvalue weighted by molar-refractivity contribution is 0.182. The molecule has 0 bridgehead atoms. The van der Waals surface area contributed by atoms with Crippen LogP contribution in [0.4, 0.5) is 0 Å². The number of hydrogen-bond donors (Lipinski definition) is 1. The van der Waals surface area contributed by atoms with Crippen molar-refractivity contribution in [1.29, 1.82) is 0 Å². The first-order chi connectivity index (χ1) is 9.25. The predicted octanol–water partition coefficient (Wildman–Crippen LogP) is 3.27. The summed E-state index contributed by atoms with van der Waals surface area (Å²) in [6.07, 6.45) is 5.48. The normalized spacial score (nSPS) is 24.9. The molecule has 0 radical (unpaired) electrons. The summed E-state index contributed by atoms with van der Waals surface area (Å²) in [6, 6.07) is 11.0. The summed E-state index contributed by atoms with van der Waals surface area (Å²) in [6.45, 7) is 7.06. The van der Waals surface area contributed by atoms with Crippen LogP contribution in [0.15, 0.2) is 24.3 Å². The number of benzene rings is 1. The maximum absolute atomic E-state index is 3.65. The van der Waals surface area contributed by atoms with E-state index in [0.29, 0.717) is 12.1 Å². The van der Waals surface area contributed by atoms with Gasteiger partial charge in [0.05, 0.1) is 0 Å². The molecule has 1 aromatic rings. The summed E-state index contributed by atoms with van der Waals surface area (Å²) in [5.74, 6) is 0. The van der Waals surface area contributed by atoms with E-state index in [0.717, 1.165) is 6.04 Å². The Hall–Kier alpha value is -0.860. The Morgan fingerprint density at radius 1 is 1.26 bits per heavy atom. The maximum atomic E-state index is 3.65. The number of nitrogens with zero attached hydrogens (tertiary/aromatic N) is 1. The van der Waals surface area contributed by atoms with Gasteiger partial charge in [-0.1, -0.05) is 24.3 Å². The third-order valence-corrected chi connectivity index (χ3v) is 4.75. The Kier molecular flexibility index (Phi) is 3.90. The number of hydrogen-bond acceptors (Lipinski definition) is 2. The molecule has 1 aromatic carbocycles. The molecule has 2 fully saturated rings. The van der Waals surface area contributed by atoms with Gasteiger partial charge in [-0.15, -0.1) is 0 Å². The third kappa shape index (κ3) is 3.01. The highest BCUT2D eigenvalue weighted by Crippen LogP contribution is 2.35. The van der Waals surface area contributed by atoms with Crippen LogP contribution in [-0.4, -0.2) is 30.1 Å². The van der Waals surface area contributed by atoms with Gasteiger partial charge in [-0.05, 0) is 57.2 Å². The van der Waals surface area contributed by atoms with Gasteiger partial charge in [0.25, 0.3) is 0 Å². The fourth-order valence-electron chi connectivity index (χ4n) is 3.43. The molecule has 104 valence electrons. The molecule has 19 heavy (non-hydrogen) atoms. The maximum Gasteiger partial charge on any atom is 0.0326 e. The zero-order valence-electron chi connectivity index (χ0n) is 12.2. The van der Waals surface area contributed by atoms with Crippen LogP contribution >= 0.6 is 0 Å². The zero-order valence-corrected chi connectivity index (χ0v) is 12.2. The number of rotatable bonds is 5. The monoisotopic (exact) mass is 258 g/mol. The molecule has 2 heteroatoms. The quantitative estimate of drug-likeness (QED) is 0.872. The van der Waals surface area contributed by atoms with E-state index >= 15 is 0 Å². The van der Waals surface area contributed by atoms with Crippen LogP contribution in [0.5, 0.6) is 0 Å². The molecule has 1 saturated carbocycles. The van der Waals surface area contributed by atoms with Crippen LogP contribution < -0.4 is 5.32 Å². The van der Waals surface area contributed by atoms with Gasteiger partial charge in [-0.25, -0.2) is 0 Å². The smallest absolute Gasteiger partial charge is 0.0326 e. The average Bonchev–Trinajstić information content (AvgIpc) is 3.13. The molecule has 1 saturated heterocycles. The standard InChI is InChI=1S/C17H26N2/c1-13-6-3-4-8-17(13)14(2)19(16-9-10-16)12-15-7-5-11-18-15/h3-4,6,8,14-16,18H,5,7,9-12H2,1-2H3. The van der Waals surface area contributed by atoms with Crippen molar-refractivity contribution in [3.05, 3.63) is 35.4 Å². The summed E-state index contributed by atoms with van der Waals surface area (Å²) in [4.78, 5) is 2.74. The van der Waals surface area contributed by atoms with E-state index in [2.05, 4.69) is 48.3 Å². The average molecular weight is 258 g/mol. The first-order valence-corrected chi connectivity index (χ1v) is 7.80. The molecule has 1 aliphatic carbocycles. The van der Waals surface area contributed by atoms with Crippen LogP contribution in [-0.2, 0) is 0 Å². The van der Waals surface area contributed by atoms with Crippen LogP contribution in [0.1, 0.15) is 49.8 Å². The minimum atomic E-state index is 0.552.